The number of carbonyl (C=O) groups excluding carboxylic acids is 1. The van der Waals surface area contributed by atoms with E-state index in [1.165, 1.54) is 17.5 Å². The number of fused-ring (bicyclic) bond motifs is 1. The first-order chi connectivity index (χ1) is 8.65. The van der Waals surface area contributed by atoms with E-state index in [4.69, 9.17) is 5.11 Å². The first kappa shape index (κ1) is 12.6. The maximum atomic E-state index is 11.4. The normalized spacial score (nSPS) is 13.1. The van der Waals surface area contributed by atoms with Gasteiger partial charge in [-0.1, -0.05) is 18.2 Å². The molecule has 0 spiro atoms. The molecule has 0 bridgehead atoms. The van der Waals surface area contributed by atoms with Gasteiger partial charge >= 0.3 is 5.97 Å². The molecule has 2 rings (SSSR count). The summed E-state index contributed by atoms with van der Waals surface area (Å²) < 4.78 is 0. The molecule has 1 aliphatic carbocycles. The number of aliphatic carboxylic acids is 1. The summed E-state index contributed by atoms with van der Waals surface area (Å²) in [6.45, 7) is 0.478. The van der Waals surface area contributed by atoms with E-state index in [0.29, 0.717) is 6.54 Å². The molecule has 1 aromatic rings. The van der Waals surface area contributed by atoms with Gasteiger partial charge in [0, 0.05) is 13.0 Å². The van der Waals surface area contributed by atoms with Crippen LogP contribution in [-0.4, -0.2) is 17.0 Å². The summed E-state index contributed by atoms with van der Waals surface area (Å²) in [5.74, 6) is -1.15. The third-order valence-electron chi connectivity index (χ3n) is 3.22. The summed E-state index contributed by atoms with van der Waals surface area (Å²) >= 11 is 0. The van der Waals surface area contributed by atoms with Crippen molar-refractivity contribution in [2.45, 2.75) is 38.6 Å². The fourth-order valence-electron chi connectivity index (χ4n) is 2.24. The zero-order valence-corrected chi connectivity index (χ0v) is 10.2. The van der Waals surface area contributed by atoms with Crippen LogP contribution in [0.15, 0.2) is 18.2 Å². The van der Waals surface area contributed by atoms with E-state index in [0.717, 1.165) is 18.4 Å². The standard InChI is InChI=1S/C14H17NO3/c16-13(6-7-14(17)18)15-9-10-4-5-11-2-1-3-12(11)8-10/h4-5,8H,1-3,6-7,9H2,(H,15,16)(H,17,18). The van der Waals surface area contributed by atoms with Crippen LogP contribution in [0.4, 0.5) is 0 Å². The molecule has 0 saturated carbocycles. The van der Waals surface area contributed by atoms with Gasteiger partial charge in [0.25, 0.3) is 0 Å². The quantitative estimate of drug-likeness (QED) is 0.831. The molecular weight excluding hydrogens is 230 g/mol. The Balaban J connectivity index is 1.83. The largest absolute Gasteiger partial charge is 0.481 e. The predicted molar refractivity (Wildman–Crippen MR) is 67.2 cm³/mol. The molecule has 0 aliphatic heterocycles. The van der Waals surface area contributed by atoms with Crippen molar-refractivity contribution in [2.75, 3.05) is 0 Å². The van der Waals surface area contributed by atoms with Gasteiger partial charge in [-0.15, -0.1) is 0 Å². The number of aryl methyl sites for hydroxylation is 2. The predicted octanol–water partition coefficient (Wildman–Crippen LogP) is 1.66. The molecule has 0 unspecified atom stereocenters. The van der Waals surface area contributed by atoms with Crippen molar-refractivity contribution >= 4 is 11.9 Å². The van der Waals surface area contributed by atoms with Gasteiger partial charge in [-0.3, -0.25) is 9.59 Å². The molecule has 1 aromatic carbocycles. The average Bonchev–Trinajstić information content (AvgIpc) is 2.81. The zero-order valence-electron chi connectivity index (χ0n) is 10.2. The molecule has 0 atom stereocenters. The van der Waals surface area contributed by atoms with Crippen molar-refractivity contribution in [3.8, 4) is 0 Å². The minimum absolute atomic E-state index is 0.0419. The number of nitrogens with one attached hydrogen (secondary N) is 1. The highest BCUT2D eigenvalue weighted by Crippen LogP contribution is 2.22. The highest BCUT2D eigenvalue weighted by Gasteiger charge is 2.11. The summed E-state index contributed by atoms with van der Waals surface area (Å²) in [7, 11) is 0. The van der Waals surface area contributed by atoms with Gasteiger partial charge in [0.05, 0.1) is 6.42 Å². The molecule has 0 radical (unpaired) electrons. The first-order valence-corrected chi connectivity index (χ1v) is 6.24. The van der Waals surface area contributed by atoms with Gasteiger partial charge in [-0.05, 0) is 36.0 Å². The monoisotopic (exact) mass is 247 g/mol. The number of carboxylic acids is 1. The molecule has 2 N–H and O–H groups in total. The molecule has 0 aromatic heterocycles. The van der Waals surface area contributed by atoms with Crippen molar-refractivity contribution in [2.24, 2.45) is 0 Å². The van der Waals surface area contributed by atoms with Crippen LogP contribution in [0, 0.1) is 0 Å². The molecular formula is C14H17NO3. The van der Waals surface area contributed by atoms with Gasteiger partial charge in [0.15, 0.2) is 0 Å². The number of amides is 1. The van der Waals surface area contributed by atoms with E-state index in [-0.39, 0.29) is 18.7 Å². The van der Waals surface area contributed by atoms with Crippen molar-refractivity contribution in [3.05, 3.63) is 34.9 Å². The summed E-state index contributed by atoms with van der Waals surface area (Å²) in [6.07, 6.45) is 3.41. The lowest BCUT2D eigenvalue weighted by molar-refractivity contribution is -0.138. The minimum atomic E-state index is -0.942. The molecule has 0 fully saturated rings. The third kappa shape index (κ3) is 3.32. The first-order valence-electron chi connectivity index (χ1n) is 6.24. The van der Waals surface area contributed by atoms with Crippen LogP contribution in [0.1, 0.15) is 36.0 Å². The number of hydrogen-bond donors (Lipinski definition) is 2. The SMILES string of the molecule is O=C(O)CCC(=O)NCc1ccc2c(c1)CCC2. The Kier molecular flexibility index (Phi) is 3.97. The molecule has 1 amide bonds. The number of benzene rings is 1. The van der Waals surface area contributed by atoms with E-state index in [1.807, 2.05) is 6.07 Å². The number of hydrogen-bond acceptors (Lipinski definition) is 2. The molecule has 18 heavy (non-hydrogen) atoms. The fourth-order valence-corrected chi connectivity index (χ4v) is 2.24. The smallest absolute Gasteiger partial charge is 0.303 e. The lowest BCUT2D eigenvalue weighted by Crippen LogP contribution is -2.23. The lowest BCUT2D eigenvalue weighted by Gasteiger charge is -2.06. The minimum Gasteiger partial charge on any atom is -0.481 e. The highest BCUT2D eigenvalue weighted by molar-refractivity contribution is 5.80. The van der Waals surface area contributed by atoms with Gasteiger partial charge in [0.1, 0.15) is 0 Å². The maximum absolute atomic E-state index is 11.4. The topological polar surface area (TPSA) is 66.4 Å². The van der Waals surface area contributed by atoms with Gasteiger partial charge in [0.2, 0.25) is 5.91 Å². The summed E-state index contributed by atoms with van der Waals surface area (Å²) in [5, 5.41) is 11.2. The van der Waals surface area contributed by atoms with E-state index in [2.05, 4.69) is 17.4 Å². The van der Waals surface area contributed by atoms with Crippen molar-refractivity contribution in [1.82, 2.24) is 5.32 Å². The third-order valence-corrected chi connectivity index (χ3v) is 3.22. The Morgan fingerprint density at radius 1 is 1.17 bits per heavy atom. The van der Waals surface area contributed by atoms with Crippen LogP contribution >= 0.6 is 0 Å². The fraction of sp³-hybridized carbons (Fsp3) is 0.429. The van der Waals surface area contributed by atoms with E-state index in [1.54, 1.807) is 0 Å². The summed E-state index contributed by atoms with van der Waals surface area (Å²) in [5.41, 5.74) is 3.88. The molecule has 96 valence electrons. The average molecular weight is 247 g/mol. The Bertz CT molecular complexity index is 468. The van der Waals surface area contributed by atoms with E-state index < -0.39 is 5.97 Å². The van der Waals surface area contributed by atoms with Crippen LogP contribution in [0.3, 0.4) is 0 Å². The Morgan fingerprint density at radius 2 is 1.94 bits per heavy atom. The van der Waals surface area contributed by atoms with Crippen LogP contribution in [0.2, 0.25) is 0 Å². The zero-order chi connectivity index (χ0) is 13.0. The molecule has 4 heteroatoms. The summed E-state index contributed by atoms with van der Waals surface area (Å²) in [6, 6.07) is 6.29. The number of carboxylic acid groups (broad SMARTS) is 1. The van der Waals surface area contributed by atoms with Crippen LogP contribution in [0.5, 0.6) is 0 Å². The van der Waals surface area contributed by atoms with E-state index >= 15 is 0 Å². The molecule has 0 heterocycles. The van der Waals surface area contributed by atoms with Crippen molar-refractivity contribution in [1.29, 1.82) is 0 Å². The number of rotatable bonds is 5. The van der Waals surface area contributed by atoms with Crippen LogP contribution in [-0.2, 0) is 29.0 Å². The van der Waals surface area contributed by atoms with E-state index in [9.17, 15) is 9.59 Å². The Labute approximate surface area is 106 Å². The molecule has 4 nitrogen and oxygen atoms in total. The molecule has 0 saturated heterocycles. The van der Waals surface area contributed by atoms with Crippen molar-refractivity contribution in [3.63, 3.8) is 0 Å². The lowest BCUT2D eigenvalue weighted by atomic mass is 10.1. The van der Waals surface area contributed by atoms with Crippen LogP contribution in [0.25, 0.3) is 0 Å². The van der Waals surface area contributed by atoms with Gasteiger partial charge < -0.3 is 10.4 Å². The number of carbonyl (C=O) groups is 2. The van der Waals surface area contributed by atoms with Gasteiger partial charge in [-0.25, -0.2) is 0 Å². The van der Waals surface area contributed by atoms with Gasteiger partial charge in [-0.2, -0.15) is 0 Å². The Hall–Kier alpha value is -1.84. The van der Waals surface area contributed by atoms with Crippen molar-refractivity contribution < 1.29 is 14.7 Å². The Morgan fingerprint density at radius 3 is 2.72 bits per heavy atom. The van der Waals surface area contributed by atoms with Crippen LogP contribution < -0.4 is 5.32 Å². The second-order valence-corrected chi connectivity index (χ2v) is 4.63. The second-order valence-electron chi connectivity index (χ2n) is 4.63. The second kappa shape index (κ2) is 5.67. The highest BCUT2D eigenvalue weighted by atomic mass is 16.4. The maximum Gasteiger partial charge on any atom is 0.303 e. The summed E-state index contributed by atoms with van der Waals surface area (Å²) in [4.78, 5) is 21.7. The molecule has 1 aliphatic rings.